The van der Waals surface area contributed by atoms with Gasteiger partial charge in [0.05, 0.1) is 30.0 Å². The van der Waals surface area contributed by atoms with Crippen LogP contribution in [0.15, 0.2) is 45.6 Å². The average Bonchev–Trinajstić information content (AvgIpc) is 3.00. The Morgan fingerprint density at radius 2 is 1.87 bits per heavy atom. The topological polar surface area (TPSA) is 110 Å². The van der Waals surface area contributed by atoms with Gasteiger partial charge in [-0.25, -0.2) is 13.4 Å². The second-order valence-corrected chi connectivity index (χ2v) is 7.73. The summed E-state index contributed by atoms with van der Waals surface area (Å²) in [5, 5.41) is 9.05. The number of benzene rings is 1. The first kappa shape index (κ1) is 16.0. The van der Waals surface area contributed by atoms with Gasteiger partial charge in [-0.05, 0) is 24.3 Å². The number of morpholine rings is 1. The number of nitrogen functional groups attached to an aromatic ring is 1. The molecular weight excluding hydrogens is 338 g/mol. The number of sulfonamides is 1. The number of nitrogens with zero attached hydrogens (tertiary/aromatic N) is 4. The van der Waals surface area contributed by atoms with Crippen molar-refractivity contribution in [1.82, 2.24) is 9.29 Å². The Labute approximate surface area is 137 Å². The molecule has 1 saturated heterocycles. The van der Waals surface area contributed by atoms with Crippen molar-refractivity contribution >= 4 is 37.2 Å². The minimum absolute atomic E-state index is 0.236. The van der Waals surface area contributed by atoms with E-state index < -0.39 is 10.0 Å². The highest BCUT2D eigenvalue weighted by Gasteiger charge is 2.25. The largest absolute Gasteiger partial charge is 0.379 e. The minimum Gasteiger partial charge on any atom is -0.379 e. The van der Waals surface area contributed by atoms with Crippen LogP contribution in [0.2, 0.25) is 0 Å². The SMILES string of the molecule is Nc1ncc(N=Nc2ccc(S(=O)(=O)N3CCOCC3)cc2)s1. The first-order valence-corrected chi connectivity index (χ1v) is 9.12. The molecule has 2 heterocycles. The smallest absolute Gasteiger partial charge is 0.243 e. The Balaban J connectivity index is 1.75. The Bertz CT molecular complexity index is 795. The van der Waals surface area contributed by atoms with Crippen molar-refractivity contribution in [3.63, 3.8) is 0 Å². The van der Waals surface area contributed by atoms with Gasteiger partial charge in [-0.3, -0.25) is 0 Å². The fourth-order valence-corrected chi connectivity index (χ4v) is 3.97. The number of thiazole rings is 1. The second kappa shape index (κ2) is 6.71. The summed E-state index contributed by atoms with van der Waals surface area (Å²) in [6.07, 6.45) is 1.53. The zero-order valence-electron chi connectivity index (χ0n) is 12.1. The van der Waals surface area contributed by atoms with E-state index in [2.05, 4.69) is 15.2 Å². The van der Waals surface area contributed by atoms with Gasteiger partial charge in [-0.2, -0.15) is 4.31 Å². The molecule has 0 aliphatic carbocycles. The summed E-state index contributed by atoms with van der Waals surface area (Å²) in [7, 11) is -3.49. The van der Waals surface area contributed by atoms with Gasteiger partial charge >= 0.3 is 0 Å². The molecule has 10 heteroatoms. The molecule has 0 bridgehead atoms. The van der Waals surface area contributed by atoms with Gasteiger partial charge in [-0.15, -0.1) is 10.2 Å². The molecule has 8 nitrogen and oxygen atoms in total. The monoisotopic (exact) mass is 353 g/mol. The van der Waals surface area contributed by atoms with Crippen LogP contribution < -0.4 is 5.73 Å². The van der Waals surface area contributed by atoms with Gasteiger partial charge in [0.25, 0.3) is 0 Å². The van der Waals surface area contributed by atoms with Crippen molar-refractivity contribution < 1.29 is 13.2 Å². The highest BCUT2D eigenvalue weighted by atomic mass is 32.2. The minimum atomic E-state index is -3.49. The molecule has 1 aromatic carbocycles. The van der Waals surface area contributed by atoms with Crippen molar-refractivity contribution in [2.45, 2.75) is 4.90 Å². The molecule has 122 valence electrons. The van der Waals surface area contributed by atoms with Crippen LogP contribution in [0.4, 0.5) is 15.8 Å². The summed E-state index contributed by atoms with van der Waals surface area (Å²) in [6, 6.07) is 6.28. The van der Waals surface area contributed by atoms with Crippen molar-refractivity contribution in [3.8, 4) is 0 Å². The summed E-state index contributed by atoms with van der Waals surface area (Å²) in [5.74, 6) is 0. The number of ether oxygens (including phenoxy) is 1. The van der Waals surface area contributed by atoms with E-state index in [1.807, 2.05) is 0 Å². The quantitative estimate of drug-likeness (QED) is 0.847. The van der Waals surface area contributed by atoms with Gasteiger partial charge in [0, 0.05) is 13.1 Å². The van der Waals surface area contributed by atoms with E-state index in [1.54, 1.807) is 12.1 Å². The number of anilines is 1. The Morgan fingerprint density at radius 3 is 2.48 bits per heavy atom. The number of rotatable bonds is 4. The predicted octanol–water partition coefficient (Wildman–Crippen LogP) is 2.16. The molecule has 0 spiro atoms. The van der Waals surface area contributed by atoms with Gasteiger partial charge < -0.3 is 10.5 Å². The van der Waals surface area contributed by atoms with Crippen LogP contribution in [0.25, 0.3) is 0 Å². The Morgan fingerprint density at radius 1 is 1.17 bits per heavy atom. The summed E-state index contributed by atoms with van der Waals surface area (Å²) in [4.78, 5) is 4.11. The Hall–Kier alpha value is -1.88. The standard InChI is InChI=1S/C13H15N5O3S2/c14-13-15-9-12(22-13)17-16-10-1-3-11(4-2-10)23(19,20)18-5-7-21-8-6-18/h1-4,9H,5-8H2,(H2,14,15). The van der Waals surface area contributed by atoms with Crippen LogP contribution in [0.1, 0.15) is 0 Å². The third-order valence-electron chi connectivity index (χ3n) is 3.22. The van der Waals surface area contributed by atoms with E-state index in [-0.39, 0.29) is 4.90 Å². The Kier molecular flexibility index (Phi) is 4.66. The summed E-state index contributed by atoms with van der Waals surface area (Å²) in [5.41, 5.74) is 6.07. The zero-order valence-corrected chi connectivity index (χ0v) is 13.8. The predicted molar refractivity (Wildman–Crippen MR) is 86.7 cm³/mol. The number of aromatic nitrogens is 1. The maximum atomic E-state index is 12.5. The number of hydrogen-bond donors (Lipinski definition) is 1. The lowest BCUT2D eigenvalue weighted by atomic mass is 10.3. The van der Waals surface area contributed by atoms with E-state index in [0.717, 1.165) is 0 Å². The van der Waals surface area contributed by atoms with Gasteiger partial charge in [0.15, 0.2) is 10.1 Å². The molecule has 0 radical (unpaired) electrons. The molecule has 2 aromatic rings. The van der Waals surface area contributed by atoms with Crippen molar-refractivity contribution in [2.24, 2.45) is 10.2 Å². The van der Waals surface area contributed by atoms with Crippen molar-refractivity contribution in [1.29, 1.82) is 0 Å². The molecule has 0 saturated carbocycles. The lowest BCUT2D eigenvalue weighted by molar-refractivity contribution is 0.0730. The van der Waals surface area contributed by atoms with Crippen LogP contribution in [0.3, 0.4) is 0 Å². The first-order valence-electron chi connectivity index (χ1n) is 6.87. The normalized spacial score (nSPS) is 16.9. The lowest BCUT2D eigenvalue weighted by Crippen LogP contribution is -2.40. The number of hydrogen-bond acceptors (Lipinski definition) is 8. The zero-order chi connectivity index (χ0) is 16.3. The van der Waals surface area contributed by atoms with Crippen molar-refractivity contribution in [3.05, 3.63) is 30.5 Å². The fraction of sp³-hybridized carbons (Fsp3) is 0.308. The van der Waals surface area contributed by atoms with Crippen LogP contribution >= 0.6 is 11.3 Å². The van der Waals surface area contributed by atoms with Crippen LogP contribution in [0.5, 0.6) is 0 Å². The van der Waals surface area contributed by atoms with E-state index in [4.69, 9.17) is 10.5 Å². The van der Waals surface area contributed by atoms with E-state index >= 15 is 0 Å². The van der Waals surface area contributed by atoms with E-state index in [9.17, 15) is 8.42 Å². The van der Waals surface area contributed by atoms with E-state index in [0.29, 0.717) is 42.1 Å². The van der Waals surface area contributed by atoms with Gasteiger partial charge in [0.1, 0.15) is 0 Å². The van der Waals surface area contributed by atoms with Crippen LogP contribution in [-0.2, 0) is 14.8 Å². The number of nitrogens with two attached hydrogens (primary N) is 1. The summed E-state index contributed by atoms with van der Waals surface area (Å²) < 4.78 is 31.6. The highest BCUT2D eigenvalue weighted by molar-refractivity contribution is 7.89. The average molecular weight is 353 g/mol. The molecule has 0 unspecified atom stereocenters. The van der Waals surface area contributed by atoms with E-state index in [1.165, 1.54) is 34.0 Å². The molecule has 1 aromatic heterocycles. The molecular formula is C13H15N5O3S2. The maximum Gasteiger partial charge on any atom is 0.243 e. The first-order chi connectivity index (χ1) is 11.1. The molecule has 0 atom stereocenters. The molecule has 3 rings (SSSR count). The fourth-order valence-electron chi connectivity index (χ4n) is 2.05. The highest BCUT2D eigenvalue weighted by Crippen LogP contribution is 2.26. The maximum absolute atomic E-state index is 12.5. The lowest BCUT2D eigenvalue weighted by Gasteiger charge is -2.25. The third-order valence-corrected chi connectivity index (χ3v) is 5.84. The molecule has 23 heavy (non-hydrogen) atoms. The van der Waals surface area contributed by atoms with Gasteiger partial charge in [0.2, 0.25) is 10.0 Å². The molecule has 1 aliphatic heterocycles. The molecule has 1 aliphatic rings. The molecule has 0 amide bonds. The summed E-state index contributed by atoms with van der Waals surface area (Å²) in [6.45, 7) is 1.58. The summed E-state index contributed by atoms with van der Waals surface area (Å²) >= 11 is 1.23. The van der Waals surface area contributed by atoms with Crippen molar-refractivity contribution in [2.75, 3.05) is 32.0 Å². The number of azo groups is 1. The second-order valence-electron chi connectivity index (χ2n) is 4.75. The molecule has 2 N–H and O–H groups in total. The third kappa shape index (κ3) is 3.72. The van der Waals surface area contributed by atoms with Crippen LogP contribution in [0, 0.1) is 0 Å². The van der Waals surface area contributed by atoms with Gasteiger partial charge in [-0.1, -0.05) is 11.3 Å². The molecule has 1 fully saturated rings. The van der Waals surface area contributed by atoms with Crippen LogP contribution in [-0.4, -0.2) is 44.0 Å².